The first kappa shape index (κ1) is 8.37. The number of amides is 2. The lowest BCUT2D eigenvalue weighted by molar-refractivity contribution is 0.246. The number of hydrogen-bond acceptors (Lipinski definition) is 1. The lowest BCUT2D eigenvalue weighted by Crippen LogP contribution is -2.33. The number of carbonyl (C=O) groups excluding carboxylic acids is 1. The highest BCUT2D eigenvalue weighted by atomic mass is 16.2. The molecule has 3 N–H and O–H groups in total. The molecule has 0 aromatic heterocycles. The van der Waals surface area contributed by atoms with Crippen LogP contribution < -0.4 is 11.1 Å². The Kier molecular flexibility index (Phi) is 1.82. The van der Waals surface area contributed by atoms with E-state index in [0.717, 1.165) is 6.42 Å². The molecule has 3 nitrogen and oxygen atoms in total. The number of nitrogens with two attached hydrogens (primary N) is 1. The molecule has 2 amide bonds. The minimum atomic E-state index is -0.401. The van der Waals surface area contributed by atoms with E-state index in [1.165, 1.54) is 0 Å². The molecule has 0 saturated heterocycles. The molecule has 1 fully saturated rings. The van der Waals surface area contributed by atoms with E-state index < -0.39 is 6.03 Å². The molecule has 2 atom stereocenters. The Balaban J connectivity index is 2.32. The van der Waals surface area contributed by atoms with Gasteiger partial charge in [0, 0.05) is 6.04 Å². The highest BCUT2D eigenvalue weighted by Crippen LogP contribution is 2.44. The van der Waals surface area contributed by atoms with Gasteiger partial charge in [0.2, 0.25) is 0 Å². The molecule has 64 valence electrons. The fraction of sp³-hybridized carbons (Fsp3) is 0.875. The Hall–Kier alpha value is -0.730. The van der Waals surface area contributed by atoms with Crippen LogP contribution in [0.5, 0.6) is 0 Å². The van der Waals surface area contributed by atoms with E-state index in [2.05, 4.69) is 26.1 Å². The van der Waals surface area contributed by atoms with Crippen LogP contribution in [0, 0.1) is 11.3 Å². The average molecular weight is 156 g/mol. The molecule has 1 aliphatic carbocycles. The minimum absolute atomic E-state index is 0.299. The van der Waals surface area contributed by atoms with Crippen LogP contribution in [0.3, 0.4) is 0 Å². The molecule has 1 aliphatic rings. The lowest BCUT2D eigenvalue weighted by Gasteiger charge is -2.17. The molecule has 0 aromatic rings. The third kappa shape index (κ3) is 2.10. The monoisotopic (exact) mass is 156 g/mol. The first-order chi connectivity index (χ1) is 4.91. The van der Waals surface area contributed by atoms with Gasteiger partial charge in [-0.15, -0.1) is 0 Å². The summed E-state index contributed by atoms with van der Waals surface area (Å²) in [5.41, 5.74) is 5.29. The van der Waals surface area contributed by atoms with Gasteiger partial charge in [-0.2, -0.15) is 0 Å². The Bertz CT molecular complexity index is 171. The summed E-state index contributed by atoms with van der Waals surface area (Å²) in [6.45, 7) is 6.54. The molecule has 3 heteroatoms. The molecule has 0 aromatic carbocycles. The largest absolute Gasteiger partial charge is 0.352 e. The van der Waals surface area contributed by atoms with E-state index in [-0.39, 0.29) is 0 Å². The van der Waals surface area contributed by atoms with Gasteiger partial charge in [0.05, 0.1) is 0 Å². The third-order valence-electron chi connectivity index (χ3n) is 2.23. The fourth-order valence-corrected chi connectivity index (χ4v) is 1.49. The van der Waals surface area contributed by atoms with Crippen molar-refractivity contribution >= 4 is 6.03 Å². The minimum Gasteiger partial charge on any atom is -0.352 e. The number of carbonyl (C=O) groups is 1. The summed E-state index contributed by atoms with van der Waals surface area (Å²) in [7, 11) is 0. The van der Waals surface area contributed by atoms with Crippen molar-refractivity contribution in [1.29, 1.82) is 0 Å². The van der Waals surface area contributed by atoms with E-state index in [0.29, 0.717) is 17.4 Å². The Morgan fingerprint density at radius 3 is 2.36 bits per heavy atom. The predicted molar refractivity (Wildman–Crippen MR) is 44.1 cm³/mol. The van der Waals surface area contributed by atoms with Crippen molar-refractivity contribution in [3.63, 3.8) is 0 Å². The van der Waals surface area contributed by atoms with E-state index >= 15 is 0 Å². The van der Waals surface area contributed by atoms with Gasteiger partial charge in [0.1, 0.15) is 0 Å². The summed E-state index contributed by atoms with van der Waals surface area (Å²) in [6.07, 6.45) is 1.08. The summed E-state index contributed by atoms with van der Waals surface area (Å²) < 4.78 is 0. The third-order valence-corrected chi connectivity index (χ3v) is 2.23. The molecular weight excluding hydrogens is 140 g/mol. The smallest absolute Gasteiger partial charge is 0.312 e. The molecule has 1 saturated carbocycles. The molecule has 1 rings (SSSR count). The van der Waals surface area contributed by atoms with E-state index in [1.807, 2.05) is 0 Å². The van der Waals surface area contributed by atoms with Crippen LogP contribution in [0.4, 0.5) is 4.79 Å². The van der Waals surface area contributed by atoms with Gasteiger partial charge in [-0.1, -0.05) is 20.8 Å². The molecular formula is C8H16N2O. The maximum atomic E-state index is 10.4. The summed E-state index contributed by atoms with van der Waals surface area (Å²) in [6, 6.07) is -0.0748. The van der Waals surface area contributed by atoms with Crippen LogP contribution >= 0.6 is 0 Å². The number of primary amides is 1. The molecule has 0 aliphatic heterocycles. The average Bonchev–Trinajstić information content (AvgIpc) is 2.40. The van der Waals surface area contributed by atoms with Gasteiger partial charge in [-0.05, 0) is 17.8 Å². The normalized spacial score (nSPS) is 29.7. The molecule has 0 bridgehead atoms. The van der Waals surface area contributed by atoms with E-state index in [1.54, 1.807) is 0 Å². The van der Waals surface area contributed by atoms with Crippen molar-refractivity contribution in [3.8, 4) is 0 Å². The molecule has 11 heavy (non-hydrogen) atoms. The van der Waals surface area contributed by atoms with Crippen LogP contribution in [0.15, 0.2) is 0 Å². The van der Waals surface area contributed by atoms with Gasteiger partial charge in [0.15, 0.2) is 0 Å². The maximum Gasteiger partial charge on any atom is 0.312 e. The van der Waals surface area contributed by atoms with Gasteiger partial charge >= 0.3 is 6.03 Å². The zero-order chi connectivity index (χ0) is 8.65. The van der Waals surface area contributed by atoms with Gasteiger partial charge < -0.3 is 11.1 Å². The first-order valence-corrected chi connectivity index (χ1v) is 3.97. The Labute approximate surface area is 67.3 Å². The summed E-state index contributed by atoms with van der Waals surface area (Å²) >= 11 is 0. The van der Waals surface area contributed by atoms with E-state index in [9.17, 15) is 4.79 Å². The number of nitrogens with one attached hydrogen (secondary N) is 1. The van der Waals surface area contributed by atoms with Crippen molar-refractivity contribution in [1.82, 2.24) is 5.32 Å². The Morgan fingerprint density at radius 1 is 1.55 bits per heavy atom. The summed E-state index contributed by atoms with van der Waals surface area (Å²) in [4.78, 5) is 10.4. The second kappa shape index (κ2) is 2.40. The fourth-order valence-electron chi connectivity index (χ4n) is 1.49. The van der Waals surface area contributed by atoms with Crippen LogP contribution in [0.25, 0.3) is 0 Å². The second-order valence-electron chi connectivity index (χ2n) is 4.32. The summed E-state index contributed by atoms with van der Waals surface area (Å²) in [5.74, 6) is 0.606. The van der Waals surface area contributed by atoms with Crippen molar-refractivity contribution < 1.29 is 4.79 Å². The number of hydrogen-bond donors (Lipinski definition) is 2. The summed E-state index contributed by atoms with van der Waals surface area (Å²) in [5, 5.41) is 2.71. The number of urea groups is 1. The van der Waals surface area contributed by atoms with Crippen LogP contribution in [-0.4, -0.2) is 12.1 Å². The predicted octanol–water partition coefficient (Wildman–Crippen LogP) is 1.09. The van der Waals surface area contributed by atoms with Crippen molar-refractivity contribution in [2.45, 2.75) is 33.2 Å². The maximum absolute atomic E-state index is 10.4. The standard InChI is InChI=1S/C8H16N2O/c1-8(2,3)5-4-6(5)10-7(9)11/h5-6H,4H2,1-3H3,(H3,9,10,11). The van der Waals surface area contributed by atoms with Gasteiger partial charge in [-0.3, -0.25) is 0 Å². The van der Waals surface area contributed by atoms with Crippen molar-refractivity contribution in [2.75, 3.05) is 0 Å². The molecule has 0 radical (unpaired) electrons. The van der Waals surface area contributed by atoms with Crippen LogP contribution in [0.1, 0.15) is 27.2 Å². The molecule has 2 unspecified atom stereocenters. The lowest BCUT2D eigenvalue weighted by atomic mass is 9.90. The van der Waals surface area contributed by atoms with Gasteiger partial charge in [-0.25, -0.2) is 4.79 Å². The van der Waals surface area contributed by atoms with Crippen LogP contribution in [-0.2, 0) is 0 Å². The zero-order valence-corrected chi connectivity index (χ0v) is 7.35. The zero-order valence-electron chi connectivity index (χ0n) is 7.35. The van der Waals surface area contributed by atoms with Crippen molar-refractivity contribution in [3.05, 3.63) is 0 Å². The highest BCUT2D eigenvalue weighted by Gasteiger charge is 2.45. The Morgan fingerprint density at radius 2 is 2.09 bits per heavy atom. The van der Waals surface area contributed by atoms with Gasteiger partial charge in [0.25, 0.3) is 0 Å². The van der Waals surface area contributed by atoms with Crippen LogP contribution in [0.2, 0.25) is 0 Å². The quantitative estimate of drug-likeness (QED) is 0.586. The van der Waals surface area contributed by atoms with Crippen molar-refractivity contribution in [2.24, 2.45) is 17.1 Å². The molecule has 0 spiro atoms. The first-order valence-electron chi connectivity index (χ1n) is 3.97. The molecule has 0 heterocycles. The topological polar surface area (TPSA) is 55.1 Å². The SMILES string of the molecule is CC(C)(C)C1CC1NC(N)=O. The second-order valence-corrected chi connectivity index (χ2v) is 4.32. The number of rotatable bonds is 1. The highest BCUT2D eigenvalue weighted by molar-refractivity contribution is 5.72. The van der Waals surface area contributed by atoms with E-state index in [4.69, 9.17) is 5.73 Å².